The van der Waals surface area contributed by atoms with Crippen molar-refractivity contribution in [3.8, 4) is 0 Å². The molecule has 0 aromatic heterocycles. The minimum atomic E-state index is -0.662. The highest BCUT2D eigenvalue weighted by molar-refractivity contribution is 5.76. The molecule has 0 rings (SSSR count). The molecule has 0 aliphatic carbocycles. The fourth-order valence-corrected chi connectivity index (χ4v) is 11.8. The predicted octanol–water partition coefficient (Wildman–Crippen LogP) is 24.8. The Morgan fingerprint density at radius 2 is 0.595 bits per heavy atom. The number of hydrogen-bond acceptors (Lipinski definition) is 5. The third kappa shape index (κ3) is 68.9. The van der Waals surface area contributed by atoms with Gasteiger partial charge in [0, 0.05) is 12.8 Å². The SMILES string of the molecule is CCCCC/C=C\C/C=C\CCCCCCCCCCCC(=O)OCCCCCCCCCCCCC/C=C\C/C=C\CCCCCCCCCCCCCCCCCCCC(=O)NC(CO)C(O)CCCCCCCCCCCCCCC. The molecular formula is C78H147NO5. The van der Waals surface area contributed by atoms with Crippen LogP contribution in [0.4, 0.5) is 0 Å². The summed E-state index contributed by atoms with van der Waals surface area (Å²) in [6.45, 7) is 4.95. The van der Waals surface area contributed by atoms with Crippen molar-refractivity contribution in [2.45, 2.75) is 424 Å². The van der Waals surface area contributed by atoms with Crippen molar-refractivity contribution in [3.63, 3.8) is 0 Å². The quantitative estimate of drug-likeness (QED) is 0.0320. The van der Waals surface area contributed by atoms with Crippen LogP contribution < -0.4 is 5.32 Å². The van der Waals surface area contributed by atoms with Crippen molar-refractivity contribution in [1.29, 1.82) is 0 Å². The summed E-state index contributed by atoms with van der Waals surface area (Å²) in [7, 11) is 0. The number of aliphatic hydroxyl groups excluding tert-OH is 2. The fourth-order valence-electron chi connectivity index (χ4n) is 11.8. The Bertz CT molecular complexity index is 1400. The molecule has 84 heavy (non-hydrogen) atoms. The van der Waals surface area contributed by atoms with E-state index in [0.29, 0.717) is 25.9 Å². The largest absolute Gasteiger partial charge is 0.466 e. The van der Waals surface area contributed by atoms with Gasteiger partial charge in [-0.1, -0.05) is 358 Å². The highest BCUT2D eigenvalue weighted by Crippen LogP contribution is 2.19. The summed E-state index contributed by atoms with van der Waals surface area (Å²) in [6.07, 6.45) is 96.2. The lowest BCUT2D eigenvalue weighted by Gasteiger charge is -2.22. The molecular weight excluding hydrogens is 1030 g/mol. The maximum atomic E-state index is 12.5. The number of amides is 1. The second-order valence-corrected chi connectivity index (χ2v) is 26.0. The number of nitrogens with one attached hydrogen (secondary N) is 1. The number of carbonyl (C=O) groups excluding carboxylic acids is 2. The molecule has 0 fully saturated rings. The number of rotatable bonds is 71. The maximum absolute atomic E-state index is 12.5. The van der Waals surface area contributed by atoms with Crippen LogP contribution >= 0.6 is 0 Å². The van der Waals surface area contributed by atoms with Gasteiger partial charge in [0.05, 0.1) is 25.4 Å². The van der Waals surface area contributed by atoms with Gasteiger partial charge in [0.25, 0.3) is 0 Å². The molecule has 0 saturated carbocycles. The fraction of sp³-hybridized carbons (Fsp3) is 0.872. The van der Waals surface area contributed by atoms with E-state index in [1.54, 1.807) is 0 Å². The molecule has 0 radical (unpaired) electrons. The van der Waals surface area contributed by atoms with E-state index in [9.17, 15) is 19.8 Å². The molecule has 3 N–H and O–H groups in total. The van der Waals surface area contributed by atoms with E-state index >= 15 is 0 Å². The summed E-state index contributed by atoms with van der Waals surface area (Å²) in [6, 6.07) is -0.539. The second-order valence-electron chi connectivity index (χ2n) is 26.0. The van der Waals surface area contributed by atoms with E-state index in [0.717, 1.165) is 57.8 Å². The van der Waals surface area contributed by atoms with E-state index in [1.807, 2.05) is 0 Å². The minimum Gasteiger partial charge on any atom is -0.466 e. The first kappa shape index (κ1) is 81.8. The molecule has 0 aromatic rings. The first-order chi connectivity index (χ1) is 41.5. The van der Waals surface area contributed by atoms with Gasteiger partial charge in [-0.3, -0.25) is 9.59 Å². The van der Waals surface area contributed by atoms with Crippen LogP contribution in [0.25, 0.3) is 0 Å². The highest BCUT2D eigenvalue weighted by Gasteiger charge is 2.20. The van der Waals surface area contributed by atoms with E-state index in [1.165, 1.54) is 321 Å². The van der Waals surface area contributed by atoms with Crippen LogP contribution in [0, 0.1) is 0 Å². The van der Waals surface area contributed by atoms with Gasteiger partial charge < -0.3 is 20.3 Å². The van der Waals surface area contributed by atoms with E-state index in [2.05, 4.69) is 67.8 Å². The Morgan fingerprint density at radius 3 is 0.929 bits per heavy atom. The predicted molar refractivity (Wildman–Crippen MR) is 370 cm³/mol. The zero-order valence-corrected chi connectivity index (χ0v) is 56.6. The van der Waals surface area contributed by atoms with Crippen LogP contribution in [0.3, 0.4) is 0 Å². The lowest BCUT2D eigenvalue weighted by Crippen LogP contribution is -2.45. The molecule has 2 atom stereocenters. The van der Waals surface area contributed by atoms with Crippen LogP contribution in [0.5, 0.6) is 0 Å². The van der Waals surface area contributed by atoms with Crippen molar-refractivity contribution in [3.05, 3.63) is 48.6 Å². The number of hydrogen-bond donors (Lipinski definition) is 3. The molecule has 1 amide bonds. The number of esters is 1. The first-order valence-electron chi connectivity index (χ1n) is 37.9. The van der Waals surface area contributed by atoms with Crippen molar-refractivity contribution in [2.75, 3.05) is 13.2 Å². The second kappa shape index (κ2) is 73.3. The van der Waals surface area contributed by atoms with E-state index < -0.39 is 12.1 Å². The molecule has 0 aliphatic rings. The van der Waals surface area contributed by atoms with Crippen LogP contribution in [-0.2, 0) is 14.3 Å². The molecule has 0 bridgehead atoms. The van der Waals surface area contributed by atoms with Crippen molar-refractivity contribution in [1.82, 2.24) is 5.32 Å². The first-order valence-corrected chi connectivity index (χ1v) is 37.9. The smallest absolute Gasteiger partial charge is 0.305 e. The highest BCUT2D eigenvalue weighted by atomic mass is 16.5. The van der Waals surface area contributed by atoms with E-state index in [4.69, 9.17) is 4.74 Å². The number of allylic oxidation sites excluding steroid dienone is 8. The Hall–Kier alpha value is -2.18. The summed E-state index contributed by atoms with van der Waals surface area (Å²) < 4.78 is 5.51. The molecule has 0 saturated heterocycles. The van der Waals surface area contributed by atoms with Gasteiger partial charge in [-0.05, 0) is 89.9 Å². The zero-order valence-electron chi connectivity index (χ0n) is 56.6. The minimum absolute atomic E-state index is 0.0133. The van der Waals surface area contributed by atoms with Gasteiger partial charge in [-0.2, -0.15) is 0 Å². The van der Waals surface area contributed by atoms with Crippen molar-refractivity contribution in [2.24, 2.45) is 0 Å². The summed E-state index contributed by atoms with van der Waals surface area (Å²) in [4.78, 5) is 24.6. The molecule has 0 spiro atoms. The normalized spacial score (nSPS) is 12.8. The van der Waals surface area contributed by atoms with Crippen molar-refractivity contribution >= 4 is 11.9 Å². The Morgan fingerprint density at radius 1 is 0.333 bits per heavy atom. The summed E-state index contributed by atoms with van der Waals surface area (Å²) in [5.41, 5.74) is 0. The van der Waals surface area contributed by atoms with Gasteiger partial charge in [-0.25, -0.2) is 0 Å². The Kier molecular flexibility index (Phi) is 71.4. The molecule has 0 aliphatic heterocycles. The van der Waals surface area contributed by atoms with Crippen LogP contribution in [-0.4, -0.2) is 47.4 Å². The number of aliphatic hydroxyl groups is 2. The summed E-state index contributed by atoms with van der Waals surface area (Å²) in [5, 5.41) is 23.3. The third-order valence-electron chi connectivity index (χ3n) is 17.6. The lowest BCUT2D eigenvalue weighted by atomic mass is 10.0. The monoisotopic (exact) mass is 1180 g/mol. The molecule has 6 heteroatoms. The lowest BCUT2D eigenvalue weighted by molar-refractivity contribution is -0.143. The molecule has 6 nitrogen and oxygen atoms in total. The van der Waals surface area contributed by atoms with Gasteiger partial charge in [0.15, 0.2) is 0 Å². The van der Waals surface area contributed by atoms with Crippen LogP contribution in [0.1, 0.15) is 412 Å². The van der Waals surface area contributed by atoms with E-state index in [-0.39, 0.29) is 18.5 Å². The summed E-state index contributed by atoms with van der Waals surface area (Å²) >= 11 is 0. The summed E-state index contributed by atoms with van der Waals surface area (Å²) in [5.74, 6) is -0.0176. The number of carbonyl (C=O) groups is 2. The van der Waals surface area contributed by atoms with Gasteiger partial charge in [-0.15, -0.1) is 0 Å². The molecule has 494 valence electrons. The standard InChI is InChI=1S/C78H147NO5/c1-3-5-7-9-11-13-15-17-18-19-37-41-44-48-52-56-60-64-68-72-78(83)84-73-69-65-61-57-53-49-45-42-39-36-34-32-30-28-26-24-22-20-21-23-25-27-29-31-33-35-38-40-43-47-51-55-59-63-67-71-77(82)79-75(74-80)76(81)70-66-62-58-54-50-46-16-14-12-10-8-6-4-2/h11,13,17-18,22,24,28,30,75-76,80-81H,3-10,12,14-16,19-21,23,25-27,29,31-74H2,1-2H3,(H,79,82)/b13-11-,18-17-,24-22-,30-28-. The molecule has 0 heterocycles. The molecule has 2 unspecified atom stereocenters. The van der Waals surface area contributed by atoms with Crippen LogP contribution in [0.15, 0.2) is 48.6 Å². The average molecular weight is 1180 g/mol. The zero-order chi connectivity index (χ0) is 60.6. The Balaban J connectivity index is 3.35. The molecule has 0 aromatic carbocycles. The van der Waals surface area contributed by atoms with Crippen molar-refractivity contribution < 1.29 is 24.5 Å². The maximum Gasteiger partial charge on any atom is 0.305 e. The Labute approximate surface area is 525 Å². The number of unbranched alkanes of at least 4 members (excludes halogenated alkanes) is 52. The van der Waals surface area contributed by atoms with Gasteiger partial charge >= 0.3 is 5.97 Å². The van der Waals surface area contributed by atoms with Gasteiger partial charge in [0.1, 0.15) is 0 Å². The third-order valence-corrected chi connectivity index (χ3v) is 17.6. The van der Waals surface area contributed by atoms with Gasteiger partial charge in [0.2, 0.25) is 5.91 Å². The number of ether oxygens (including phenoxy) is 1. The van der Waals surface area contributed by atoms with Crippen LogP contribution in [0.2, 0.25) is 0 Å². The average Bonchev–Trinajstić information content (AvgIpc) is 3.54. The topological polar surface area (TPSA) is 95.9 Å².